The predicted molar refractivity (Wildman–Crippen MR) is 79.7 cm³/mol. The Morgan fingerprint density at radius 3 is 2.50 bits per heavy atom. The molecule has 114 valence electrons. The quantitative estimate of drug-likeness (QED) is 0.778. The summed E-state index contributed by atoms with van der Waals surface area (Å²) in [6.07, 6.45) is 6.82. The Kier molecular flexibility index (Phi) is 3.49. The first-order chi connectivity index (χ1) is 9.31. The lowest BCUT2D eigenvalue weighted by Gasteiger charge is -2.35. The standard InChI is InChI=1S/C17H29NO2/c1-16(2)13(15(19)17(3,4)20-16)11-18-10-9-12-7-5-6-8-14(12)18/h12-14H,5-11H2,1-4H3. The van der Waals surface area contributed by atoms with Crippen molar-refractivity contribution in [2.75, 3.05) is 13.1 Å². The number of ether oxygens (including phenoxy) is 1. The van der Waals surface area contributed by atoms with Crippen LogP contribution in [0.3, 0.4) is 0 Å². The monoisotopic (exact) mass is 279 g/mol. The highest BCUT2D eigenvalue weighted by atomic mass is 16.5. The summed E-state index contributed by atoms with van der Waals surface area (Å²) >= 11 is 0. The van der Waals surface area contributed by atoms with E-state index in [2.05, 4.69) is 18.7 Å². The van der Waals surface area contributed by atoms with Gasteiger partial charge in [0.15, 0.2) is 5.78 Å². The van der Waals surface area contributed by atoms with Gasteiger partial charge < -0.3 is 4.74 Å². The lowest BCUT2D eigenvalue weighted by atomic mass is 9.83. The minimum absolute atomic E-state index is 0.0261. The lowest BCUT2D eigenvalue weighted by molar-refractivity contribution is -0.132. The van der Waals surface area contributed by atoms with Crippen molar-refractivity contribution in [3.8, 4) is 0 Å². The average molecular weight is 279 g/mol. The van der Waals surface area contributed by atoms with Crippen LogP contribution in [0.4, 0.5) is 0 Å². The van der Waals surface area contributed by atoms with E-state index < -0.39 is 5.60 Å². The fourth-order valence-electron chi connectivity index (χ4n) is 4.78. The van der Waals surface area contributed by atoms with E-state index in [1.807, 2.05) is 13.8 Å². The zero-order valence-corrected chi connectivity index (χ0v) is 13.4. The minimum atomic E-state index is -0.611. The second kappa shape index (κ2) is 4.81. The number of rotatable bonds is 2. The molecule has 0 aromatic heterocycles. The average Bonchev–Trinajstić information content (AvgIpc) is 2.82. The van der Waals surface area contributed by atoms with Gasteiger partial charge in [-0.3, -0.25) is 9.69 Å². The number of Topliss-reactive ketones (excluding diaryl/α,β-unsaturated/α-hetero) is 1. The summed E-state index contributed by atoms with van der Waals surface area (Å²) in [5.74, 6) is 1.21. The Balaban J connectivity index is 1.73. The van der Waals surface area contributed by atoms with Crippen LogP contribution in [-0.4, -0.2) is 41.0 Å². The first-order valence-electron chi connectivity index (χ1n) is 8.30. The van der Waals surface area contributed by atoms with Crippen LogP contribution in [-0.2, 0) is 9.53 Å². The van der Waals surface area contributed by atoms with Crippen molar-refractivity contribution in [3.63, 3.8) is 0 Å². The molecule has 1 saturated carbocycles. The summed E-state index contributed by atoms with van der Waals surface area (Å²) in [6, 6.07) is 0.732. The lowest BCUT2D eigenvalue weighted by Crippen LogP contribution is -2.44. The number of nitrogens with zero attached hydrogens (tertiary/aromatic N) is 1. The van der Waals surface area contributed by atoms with Crippen LogP contribution in [0, 0.1) is 11.8 Å². The van der Waals surface area contributed by atoms with E-state index in [4.69, 9.17) is 4.74 Å². The maximum atomic E-state index is 12.6. The Morgan fingerprint density at radius 1 is 1.15 bits per heavy atom. The van der Waals surface area contributed by atoms with Gasteiger partial charge in [-0.1, -0.05) is 12.8 Å². The molecule has 2 aliphatic heterocycles. The highest BCUT2D eigenvalue weighted by Gasteiger charge is 2.54. The summed E-state index contributed by atoms with van der Waals surface area (Å²) in [5, 5.41) is 0. The van der Waals surface area contributed by atoms with Crippen LogP contribution < -0.4 is 0 Å². The highest BCUT2D eigenvalue weighted by molar-refractivity contribution is 5.91. The predicted octanol–water partition coefficient (Wildman–Crippen LogP) is 3.02. The third-order valence-corrected chi connectivity index (χ3v) is 5.81. The first kappa shape index (κ1) is 14.5. The maximum Gasteiger partial charge on any atom is 0.171 e. The fraction of sp³-hybridized carbons (Fsp3) is 0.941. The molecule has 2 saturated heterocycles. The van der Waals surface area contributed by atoms with Gasteiger partial charge in [0.1, 0.15) is 5.60 Å². The molecule has 3 fully saturated rings. The number of hydrogen-bond acceptors (Lipinski definition) is 3. The van der Waals surface area contributed by atoms with E-state index in [0.717, 1.165) is 18.5 Å². The summed E-state index contributed by atoms with van der Waals surface area (Å²) in [4.78, 5) is 15.2. The zero-order valence-electron chi connectivity index (χ0n) is 13.4. The van der Waals surface area contributed by atoms with Crippen molar-refractivity contribution in [2.45, 2.75) is 77.0 Å². The summed E-state index contributed by atoms with van der Waals surface area (Å²) < 4.78 is 6.03. The molecule has 3 heteroatoms. The summed E-state index contributed by atoms with van der Waals surface area (Å²) in [7, 11) is 0. The van der Waals surface area contributed by atoms with Gasteiger partial charge in [0.05, 0.1) is 11.5 Å². The van der Waals surface area contributed by atoms with E-state index in [-0.39, 0.29) is 11.5 Å². The second-order valence-corrected chi connectivity index (χ2v) is 8.03. The molecule has 0 aromatic carbocycles. The molecule has 0 radical (unpaired) electrons. The van der Waals surface area contributed by atoms with Crippen molar-refractivity contribution >= 4 is 5.78 Å². The van der Waals surface area contributed by atoms with Crippen LogP contribution in [0.25, 0.3) is 0 Å². The van der Waals surface area contributed by atoms with E-state index in [9.17, 15) is 4.79 Å². The van der Waals surface area contributed by atoms with Crippen molar-refractivity contribution in [3.05, 3.63) is 0 Å². The summed E-state index contributed by atoms with van der Waals surface area (Å²) in [6.45, 7) is 10.1. The molecule has 3 rings (SSSR count). The molecule has 3 atom stereocenters. The number of likely N-dealkylation sites (tertiary alicyclic amines) is 1. The van der Waals surface area contributed by atoms with Gasteiger partial charge in [-0.05, 0) is 59.4 Å². The van der Waals surface area contributed by atoms with Crippen LogP contribution in [0.15, 0.2) is 0 Å². The van der Waals surface area contributed by atoms with Gasteiger partial charge in [0.2, 0.25) is 0 Å². The number of carbonyl (C=O) groups excluding carboxylic acids is 1. The number of ketones is 1. The molecule has 1 aliphatic carbocycles. The van der Waals surface area contributed by atoms with Crippen molar-refractivity contribution in [1.29, 1.82) is 0 Å². The normalized spacial score (nSPS) is 40.0. The van der Waals surface area contributed by atoms with Gasteiger partial charge in [-0.2, -0.15) is 0 Å². The van der Waals surface area contributed by atoms with Crippen molar-refractivity contribution in [2.24, 2.45) is 11.8 Å². The minimum Gasteiger partial charge on any atom is -0.361 e. The zero-order chi connectivity index (χ0) is 14.5. The van der Waals surface area contributed by atoms with Crippen LogP contribution in [0.2, 0.25) is 0 Å². The molecule has 2 heterocycles. The molecule has 0 aromatic rings. The Hall–Kier alpha value is -0.410. The SMILES string of the molecule is CC1(C)OC(C)(C)C(CN2CCC3CCCCC32)C1=O. The van der Waals surface area contributed by atoms with Crippen molar-refractivity contribution < 1.29 is 9.53 Å². The van der Waals surface area contributed by atoms with Gasteiger partial charge in [-0.15, -0.1) is 0 Å². The number of carbonyl (C=O) groups is 1. The molecule has 0 spiro atoms. The smallest absolute Gasteiger partial charge is 0.171 e. The maximum absolute atomic E-state index is 12.6. The molecule has 20 heavy (non-hydrogen) atoms. The molecule has 0 bridgehead atoms. The van der Waals surface area contributed by atoms with Gasteiger partial charge in [0, 0.05) is 12.6 Å². The third kappa shape index (κ3) is 2.33. The van der Waals surface area contributed by atoms with Crippen LogP contribution >= 0.6 is 0 Å². The first-order valence-corrected chi connectivity index (χ1v) is 8.30. The fourth-order valence-corrected chi connectivity index (χ4v) is 4.78. The van der Waals surface area contributed by atoms with E-state index in [0.29, 0.717) is 5.78 Å². The highest BCUT2D eigenvalue weighted by Crippen LogP contribution is 2.42. The largest absolute Gasteiger partial charge is 0.361 e. The number of fused-ring (bicyclic) bond motifs is 1. The second-order valence-electron chi connectivity index (χ2n) is 8.03. The molecule has 3 unspecified atom stereocenters. The van der Waals surface area contributed by atoms with Gasteiger partial charge in [0.25, 0.3) is 0 Å². The molecular formula is C17H29NO2. The molecule has 0 amide bonds. The van der Waals surface area contributed by atoms with E-state index in [1.165, 1.54) is 38.6 Å². The summed E-state index contributed by atoms with van der Waals surface area (Å²) in [5.41, 5.74) is -0.937. The van der Waals surface area contributed by atoms with Crippen molar-refractivity contribution in [1.82, 2.24) is 4.90 Å². The molecular weight excluding hydrogens is 250 g/mol. The molecule has 3 nitrogen and oxygen atoms in total. The molecule has 3 aliphatic rings. The third-order valence-electron chi connectivity index (χ3n) is 5.81. The van der Waals surface area contributed by atoms with E-state index in [1.54, 1.807) is 0 Å². The Bertz CT molecular complexity index is 402. The van der Waals surface area contributed by atoms with Crippen LogP contribution in [0.5, 0.6) is 0 Å². The van der Waals surface area contributed by atoms with Crippen LogP contribution in [0.1, 0.15) is 59.8 Å². The Labute approximate surface area is 123 Å². The number of hydrogen-bond donors (Lipinski definition) is 0. The van der Waals surface area contributed by atoms with Gasteiger partial charge in [-0.25, -0.2) is 0 Å². The molecule has 0 N–H and O–H groups in total. The van der Waals surface area contributed by atoms with Gasteiger partial charge >= 0.3 is 0 Å². The van der Waals surface area contributed by atoms with E-state index >= 15 is 0 Å². The Morgan fingerprint density at radius 2 is 1.85 bits per heavy atom. The topological polar surface area (TPSA) is 29.5 Å².